The Hall–Kier alpha value is -1.10. The lowest BCUT2D eigenvalue weighted by molar-refractivity contribution is -0.159. The Kier molecular flexibility index (Phi) is 8.37. The summed E-state index contributed by atoms with van der Waals surface area (Å²) in [5.74, 6) is -0.565. The highest BCUT2D eigenvalue weighted by molar-refractivity contribution is 5.75. The van der Waals surface area contributed by atoms with Gasteiger partial charge in [0.05, 0.1) is 5.41 Å². The molecule has 0 saturated heterocycles. The number of esters is 2. The summed E-state index contributed by atoms with van der Waals surface area (Å²) in [6, 6.07) is 0. The molecule has 0 unspecified atom stereocenters. The van der Waals surface area contributed by atoms with Crippen LogP contribution in [0, 0.1) is 5.41 Å². The molecule has 0 atom stereocenters. The molecule has 0 amide bonds. The minimum Gasteiger partial charge on any atom is -0.462 e. The van der Waals surface area contributed by atoms with E-state index in [1.54, 1.807) is 0 Å². The van der Waals surface area contributed by atoms with E-state index in [2.05, 4.69) is 0 Å². The normalized spacial score (nSPS) is 11.1. The van der Waals surface area contributed by atoms with E-state index in [-0.39, 0.29) is 25.2 Å². The van der Waals surface area contributed by atoms with Crippen LogP contribution in [0.4, 0.5) is 0 Å². The van der Waals surface area contributed by atoms with Gasteiger partial charge in [-0.1, -0.05) is 6.92 Å². The van der Waals surface area contributed by atoms with Crippen LogP contribution in [-0.4, -0.2) is 31.7 Å². The second kappa shape index (κ2) is 8.91. The monoisotopic (exact) mass is 258 g/mol. The number of hydrogen-bond acceptors (Lipinski definition) is 4. The Morgan fingerprint density at radius 2 is 1.72 bits per heavy atom. The molecular formula is C13H24NO4. The molecule has 0 aromatic carbocycles. The Balaban J connectivity index is 3.62. The lowest BCUT2D eigenvalue weighted by Crippen LogP contribution is -2.27. The van der Waals surface area contributed by atoms with Gasteiger partial charge in [0.25, 0.3) is 0 Å². The van der Waals surface area contributed by atoms with Gasteiger partial charge in [0, 0.05) is 13.0 Å². The van der Waals surface area contributed by atoms with Crippen LogP contribution in [0.1, 0.15) is 46.5 Å². The first-order chi connectivity index (χ1) is 8.44. The van der Waals surface area contributed by atoms with Crippen molar-refractivity contribution in [2.75, 3.05) is 19.8 Å². The van der Waals surface area contributed by atoms with E-state index < -0.39 is 5.41 Å². The van der Waals surface area contributed by atoms with Crippen LogP contribution in [0.3, 0.4) is 0 Å². The second-order valence-electron chi connectivity index (χ2n) is 4.80. The Morgan fingerprint density at radius 3 is 2.28 bits per heavy atom. The van der Waals surface area contributed by atoms with Gasteiger partial charge in [0.15, 0.2) is 0 Å². The molecule has 0 aromatic rings. The fraction of sp³-hybridized carbons (Fsp3) is 0.846. The highest BCUT2D eigenvalue weighted by atomic mass is 16.6. The first-order valence-electron chi connectivity index (χ1n) is 6.41. The molecule has 0 saturated carbocycles. The summed E-state index contributed by atoms with van der Waals surface area (Å²) in [4.78, 5) is 22.8. The van der Waals surface area contributed by atoms with Crippen molar-refractivity contribution in [1.82, 2.24) is 5.73 Å². The number of unbranched alkanes of at least 4 members (excludes halogenated alkanes) is 1. The minimum atomic E-state index is -0.488. The van der Waals surface area contributed by atoms with Crippen molar-refractivity contribution in [2.24, 2.45) is 5.41 Å². The van der Waals surface area contributed by atoms with Crippen LogP contribution in [0.25, 0.3) is 0 Å². The molecule has 18 heavy (non-hydrogen) atoms. The number of carbonyl (C=O) groups is 2. The maximum Gasteiger partial charge on any atom is 0.311 e. The quantitative estimate of drug-likeness (QED) is 0.468. The third kappa shape index (κ3) is 7.27. The zero-order chi connectivity index (χ0) is 14.0. The summed E-state index contributed by atoms with van der Waals surface area (Å²) >= 11 is 0. The summed E-state index contributed by atoms with van der Waals surface area (Å²) in [5, 5.41) is 0. The Morgan fingerprint density at radius 1 is 1.11 bits per heavy atom. The molecule has 5 nitrogen and oxygen atoms in total. The molecule has 0 fully saturated rings. The lowest BCUT2D eigenvalue weighted by atomic mass is 9.91. The predicted octanol–water partition coefficient (Wildman–Crippen LogP) is 1.96. The van der Waals surface area contributed by atoms with E-state index in [1.807, 2.05) is 20.8 Å². The molecule has 0 aliphatic rings. The highest BCUT2D eigenvalue weighted by Gasteiger charge is 2.26. The average molecular weight is 258 g/mol. The van der Waals surface area contributed by atoms with E-state index >= 15 is 0 Å². The predicted molar refractivity (Wildman–Crippen MR) is 67.8 cm³/mol. The van der Waals surface area contributed by atoms with Crippen molar-refractivity contribution in [3.05, 3.63) is 0 Å². The maximum absolute atomic E-state index is 11.6. The van der Waals surface area contributed by atoms with Crippen molar-refractivity contribution in [2.45, 2.75) is 46.5 Å². The van der Waals surface area contributed by atoms with Crippen molar-refractivity contribution < 1.29 is 19.1 Å². The minimum absolute atomic E-state index is 0.102. The third-order valence-corrected chi connectivity index (χ3v) is 2.82. The largest absolute Gasteiger partial charge is 0.462 e. The zero-order valence-electron chi connectivity index (χ0n) is 11.6. The summed E-state index contributed by atoms with van der Waals surface area (Å²) in [5.41, 5.74) is 6.44. The molecule has 1 radical (unpaired) electrons. The van der Waals surface area contributed by atoms with Gasteiger partial charge >= 0.3 is 11.9 Å². The van der Waals surface area contributed by atoms with E-state index in [0.29, 0.717) is 32.2 Å². The molecule has 5 heteroatoms. The number of ether oxygens (including phenoxy) is 2. The molecule has 0 heterocycles. The summed E-state index contributed by atoms with van der Waals surface area (Å²) in [6.45, 7) is 6.10. The molecule has 0 aliphatic carbocycles. The molecule has 0 spiro atoms. The Bertz CT molecular complexity index is 264. The van der Waals surface area contributed by atoms with Crippen LogP contribution >= 0.6 is 0 Å². The molecule has 1 N–H and O–H groups in total. The van der Waals surface area contributed by atoms with E-state index in [9.17, 15) is 9.59 Å². The van der Waals surface area contributed by atoms with E-state index in [4.69, 9.17) is 15.2 Å². The van der Waals surface area contributed by atoms with Crippen LogP contribution < -0.4 is 5.73 Å². The van der Waals surface area contributed by atoms with Gasteiger partial charge in [-0.3, -0.25) is 15.3 Å². The topological polar surface area (TPSA) is 76.4 Å². The molecular weight excluding hydrogens is 234 g/mol. The van der Waals surface area contributed by atoms with Gasteiger partial charge in [-0.05, 0) is 33.1 Å². The highest BCUT2D eigenvalue weighted by Crippen LogP contribution is 2.21. The average Bonchev–Trinajstić information content (AvgIpc) is 2.34. The van der Waals surface area contributed by atoms with Gasteiger partial charge < -0.3 is 9.47 Å². The third-order valence-electron chi connectivity index (χ3n) is 2.82. The summed E-state index contributed by atoms with van der Waals surface area (Å²) < 4.78 is 9.94. The summed E-state index contributed by atoms with van der Waals surface area (Å²) in [7, 11) is 0. The van der Waals surface area contributed by atoms with Gasteiger partial charge in [0.2, 0.25) is 0 Å². The molecule has 105 valence electrons. The lowest BCUT2D eigenvalue weighted by Gasteiger charge is -2.20. The van der Waals surface area contributed by atoms with Gasteiger partial charge in [0.1, 0.15) is 13.2 Å². The smallest absolute Gasteiger partial charge is 0.311 e. The van der Waals surface area contributed by atoms with E-state index in [1.165, 1.54) is 0 Å². The Labute approximate surface area is 109 Å². The van der Waals surface area contributed by atoms with Gasteiger partial charge in [-0.2, -0.15) is 0 Å². The molecule has 0 aromatic heterocycles. The van der Waals surface area contributed by atoms with Crippen LogP contribution in [0.5, 0.6) is 0 Å². The van der Waals surface area contributed by atoms with Crippen LogP contribution in [0.2, 0.25) is 0 Å². The van der Waals surface area contributed by atoms with Crippen molar-refractivity contribution in [3.8, 4) is 0 Å². The fourth-order valence-electron chi connectivity index (χ4n) is 1.10. The van der Waals surface area contributed by atoms with Crippen LogP contribution in [-0.2, 0) is 19.1 Å². The second-order valence-corrected chi connectivity index (χ2v) is 4.80. The first-order valence-corrected chi connectivity index (χ1v) is 6.41. The molecule has 0 bridgehead atoms. The van der Waals surface area contributed by atoms with E-state index in [0.717, 1.165) is 0 Å². The standard InChI is InChI=1S/C13H24NO4/c1-4-13(2,3)12(16)18-10-9-17-11(15)7-5-6-8-14/h14H,4-10H2,1-3H3. The van der Waals surface area contributed by atoms with Crippen LogP contribution in [0.15, 0.2) is 0 Å². The molecule has 0 rings (SSSR count). The SMILES string of the molecule is CCC(C)(C)C(=O)OCCOC(=O)CCCC[NH]. The number of carbonyl (C=O) groups excluding carboxylic acids is 2. The van der Waals surface area contributed by atoms with Crippen molar-refractivity contribution in [3.63, 3.8) is 0 Å². The van der Waals surface area contributed by atoms with Gasteiger partial charge in [-0.25, -0.2) is 0 Å². The van der Waals surface area contributed by atoms with Gasteiger partial charge in [-0.15, -0.1) is 0 Å². The summed E-state index contributed by atoms with van der Waals surface area (Å²) in [6.07, 6.45) is 2.41. The maximum atomic E-state index is 11.6. The van der Waals surface area contributed by atoms with Crippen molar-refractivity contribution in [1.29, 1.82) is 0 Å². The fourth-order valence-corrected chi connectivity index (χ4v) is 1.10. The van der Waals surface area contributed by atoms with Crippen molar-refractivity contribution >= 4 is 11.9 Å². The number of rotatable bonds is 9. The molecule has 0 aliphatic heterocycles. The number of nitrogens with one attached hydrogen (secondary N) is 1. The number of hydrogen-bond donors (Lipinski definition) is 0. The zero-order valence-corrected chi connectivity index (χ0v) is 11.6. The first kappa shape index (κ1) is 16.9.